The number of hydrogen-bond acceptors (Lipinski definition) is 4. The first-order valence-electron chi connectivity index (χ1n) is 4.11. The maximum Gasteiger partial charge on any atom is 0.0835 e. The van der Waals surface area contributed by atoms with E-state index in [1.54, 1.807) is 7.11 Å². The third-order valence-electron chi connectivity index (χ3n) is 1.57. The van der Waals surface area contributed by atoms with Crippen molar-refractivity contribution >= 4 is 11.4 Å². The van der Waals surface area contributed by atoms with Crippen molar-refractivity contribution in [3.8, 4) is 0 Å². The Bertz CT molecular complexity index is 253. The lowest BCUT2D eigenvalue weighted by molar-refractivity contribution is 0.271. The second-order valence-corrected chi connectivity index (χ2v) is 2.50. The number of para-hydroxylation sites is 2. The topological polar surface area (TPSA) is 53.5 Å². The average molecular weight is 182 g/mol. The van der Waals surface area contributed by atoms with E-state index in [-0.39, 0.29) is 6.61 Å². The Morgan fingerprint density at radius 1 is 1.31 bits per heavy atom. The molecule has 1 aromatic rings. The lowest BCUT2D eigenvalue weighted by Gasteiger charge is -2.10. The number of nitrogens with one attached hydrogen (secondary N) is 2. The van der Waals surface area contributed by atoms with Crippen LogP contribution < -0.4 is 10.8 Å². The van der Waals surface area contributed by atoms with Crippen molar-refractivity contribution in [2.24, 2.45) is 0 Å². The van der Waals surface area contributed by atoms with Crippen molar-refractivity contribution in [2.45, 2.75) is 0 Å². The quantitative estimate of drug-likeness (QED) is 0.596. The van der Waals surface area contributed by atoms with E-state index in [4.69, 9.17) is 9.94 Å². The summed E-state index contributed by atoms with van der Waals surface area (Å²) in [5.74, 6) is 0. The third-order valence-corrected chi connectivity index (χ3v) is 1.57. The van der Waals surface area contributed by atoms with Gasteiger partial charge in [0.25, 0.3) is 0 Å². The van der Waals surface area contributed by atoms with Crippen molar-refractivity contribution < 1.29 is 9.94 Å². The lowest BCUT2D eigenvalue weighted by atomic mass is 10.3. The van der Waals surface area contributed by atoms with E-state index in [9.17, 15) is 0 Å². The van der Waals surface area contributed by atoms with Crippen molar-refractivity contribution in [1.82, 2.24) is 0 Å². The van der Waals surface area contributed by atoms with Crippen LogP contribution in [-0.2, 0) is 4.84 Å². The summed E-state index contributed by atoms with van der Waals surface area (Å²) in [4.78, 5) is 4.80. The Morgan fingerprint density at radius 3 is 2.62 bits per heavy atom. The molecule has 0 radical (unpaired) electrons. The Labute approximate surface area is 77.5 Å². The van der Waals surface area contributed by atoms with Crippen LogP contribution in [0, 0.1) is 0 Å². The van der Waals surface area contributed by atoms with Crippen molar-refractivity contribution in [1.29, 1.82) is 0 Å². The fraction of sp³-hybridized carbons (Fsp3) is 0.333. The molecule has 3 N–H and O–H groups in total. The molecular weight excluding hydrogens is 168 g/mol. The number of benzene rings is 1. The smallest absolute Gasteiger partial charge is 0.0835 e. The van der Waals surface area contributed by atoms with E-state index in [1.807, 2.05) is 24.3 Å². The standard InChI is InChI=1S/C9H14N2O2/c1-13-11-9-5-3-2-4-8(9)10-6-7-12/h2-5,10-12H,6-7H2,1H3. The summed E-state index contributed by atoms with van der Waals surface area (Å²) in [5, 5.41) is 11.7. The molecule has 0 saturated carbocycles. The molecule has 0 bridgehead atoms. The SMILES string of the molecule is CONc1ccccc1NCCO. The Morgan fingerprint density at radius 2 is 2.00 bits per heavy atom. The van der Waals surface area contributed by atoms with Crippen LogP contribution in [0.25, 0.3) is 0 Å². The number of anilines is 2. The molecule has 0 saturated heterocycles. The van der Waals surface area contributed by atoms with Crippen LogP contribution in [0.1, 0.15) is 0 Å². The summed E-state index contributed by atoms with van der Waals surface area (Å²) in [6.07, 6.45) is 0. The fourth-order valence-corrected chi connectivity index (χ4v) is 1.03. The van der Waals surface area contributed by atoms with Gasteiger partial charge in [-0.1, -0.05) is 12.1 Å². The van der Waals surface area contributed by atoms with Crippen LogP contribution >= 0.6 is 0 Å². The minimum atomic E-state index is 0.112. The molecule has 0 aliphatic heterocycles. The van der Waals surface area contributed by atoms with E-state index in [2.05, 4.69) is 10.8 Å². The molecule has 0 unspecified atom stereocenters. The predicted molar refractivity (Wildman–Crippen MR) is 52.6 cm³/mol. The number of hydrogen-bond donors (Lipinski definition) is 3. The van der Waals surface area contributed by atoms with Gasteiger partial charge in [0.05, 0.1) is 25.1 Å². The van der Waals surface area contributed by atoms with Crippen LogP contribution in [-0.4, -0.2) is 25.4 Å². The second-order valence-electron chi connectivity index (χ2n) is 2.50. The van der Waals surface area contributed by atoms with Crippen molar-refractivity contribution in [3.05, 3.63) is 24.3 Å². The van der Waals surface area contributed by atoms with E-state index in [0.29, 0.717) is 6.54 Å². The number of rotatable bonds is 5. The molecule has 0 spiro atoms. The predicted octanol–water partition coefficient (Wildman–Crippen LogP) is 1.06. The lowest BCUT2D eigenvalue weighted by Crippen LogP contribution is -2.08. The second kappa shape index (κ2) is 5.40. The molecule has 4 nitrogen and oxygen atoms in total. The number of aliphatic hydroxyl groups excluding tert-OH is 1. The van der Waals surface area contributed by atoms with Gasteiger partial charge in [-0.15, -0.1) is 0 Å². The normalized spacial score (nSPS) is 9.69. The van der Waals surface area contributed by atoms with Gasteiger partial charge in [-0.05, 0) is 12.1 Å². The van der Waals surface area contributed by atoms with E-state index >= 15 is 0 Å². The van der Waals surface area contributed by atoms with Gasteiger partial charge in [0.2, 0.25) is 0 Å². The first-order chi connectivity index (χ1) is 6.38. The van der Waals surface area contributed by atoms with Gasteiger partial charge in [-0.25, -0.2) is 0 Å². The maximum atomic E-state index is 8.63. The Kier molecular flexibility index (Phi) is 4.08. The van der Waals surface area contributed by atoms with Crippen LogP contribution in [0.2, 0.25) is 0 Å². The summed E-state index contributed by atoms with van der Waals surface area (Å²) in [6, 6.07) is 7.63. The first kappa shape index (κ1) is 9.83. The summed E-state index contributed by atoms with van der Waals surface area (Å²) in [5.41, 5.74) is 4.52. The van der Waals surface area contributed by atoms with Crippen LogP contribution in [0.15, 0.2) is 24.3 Å². The van der Waals surface area contributed by atoms with Gasteiger partial charge in [-0.2, -0.15) is 0 Å². The largest absolute Gasteiger partial charge is 0.395 e. The van der Waals surface area contributed by atoms with Gasteiger partial charge in [0.15, 0.2) is 0 Å². The molecule has 0 amide bonds. The summed E-state index contributed by atoms with van der Waals surface area (Å²) < 4.78 is 0. The third kappa shape index (κ3) is 2.93. The van der Waals surface area contributed by atoms with Crippen molar-refractivity contribution in [2.75, 3.05) is 31.1 Å². The molecule has 72 valence electrons. The van der Waals surface area contributed by atoms with Gasteiger partial charge in [0, 0.05) is 6.54 Å². The molecular formula is C9H14N2O2. The molecule has 0 aliphatic rings. The molecule has 0 aliphatic carbocycles. The summed E-state index contributed by atoms with van der Waals surface area (Å²) in [7, 11) is 1.56. The zero-order valence-electron chi connectivity index (χ0n) is 7.58. The highest BCUT2D eigenvalue weighted by molar-refractivity contribution is 5.67. The molecule has 0 atom stereocenters. The Balaban J connectivity index is 2.66. The zero-order valence-corrected chi connectivity index (χ0v) is 7.58. The van der Waals surface area contributed by atoms with E-state index in [1.165, 1.54) is 0 Å². The van der Waals surface area contributed by atoms with Crippen LogP contribution in [0.3, 0.4) is 0 Å². The summed E-state index contributed by atoms with van der Waals surface area (Å²) >= 11 is 0. The molecule has 0 heterocycles. The van der Waals surface area contributed by atoms with E-state index in [0.717, 1.165) is 11.4 Å². The highest BCUT2D eigenvalue weighted by atomic mass is 16.6. The molecule has 0 fully saturated rings. The highest BCUT2D eigenvalue weighted by Crippen LogP contribution is 2.19. The zero-order chi connectivity index (χ0) is 9.52. The Hall–Kier alpha value is -1.26. The highest BCUT2D eigenvalue weighted by Gasteiger charge is 1.98. The van der Waals surface area contributed by atoms with Gasteiger partial charge >= 0.3 is 0 Å². The maximum absolute atomic E-state index is 8.63. The first-order valence-corrected chi connectivity index (χ1v) is 4.11. The van der Waals surface area contributed by atoms with Gasteiger partial charge in [0.1, 0.15) is 0 Å². The van der Waals surface area contributed by atoms with Gasteiger partial charge < -0.3 is 10.4 Å². The average Bonchev–Trinajstić information content (AvgIpc) is 2.17. The monoisotopic (exact) mass is 182 g/mol. The van der Waals surface area contributed by atoms with Crippen LogP contribution in [0.4, 0.5) is 11.4 Å². The van der Waals surface area contributed by atoms with E-state index < -0.39 is 0 Å². The molecule has 1 aromatic carbocycles. The fourth-order valence-electron chi connectivity index (χ4n) is 1.03. The number of aliphatic hydroxyl groups is 1. The van der Waals surface area contributed by atoms with Crippen LogP contribution in [0.5, 0.6) is 0 Å². The summed E-state index contributed by atoms with van der Waals surface area (Å²) in [6.45, 7) is 0.643. The molecule has 0 aromatic heterocycles. The van der Waals surface area contributed by atoms with Crippen molar-refractivity contribution in [3.63, 3.8) is 0 Å². The molecule has 1 rings (SSSR count). The minimum absolute atomic E-state index is 0.112. The molecule has 13 heavy (non-hydrogen) atoms. The molecule has 4 heteroatoms. The minimum Gasteiger partial charge on any atom is -0.395 e. The van der Waals surface area contributed by atoms with Gasteiger partial charge in [-0.3, -0.25) is 10.3 Å².